The Kier molecular flexibility index (Phi) is 3.62. The molecule has 0 bridgehead atoms. The zero-order chi connectivity index (χ0) is 8.36. The van der Waals surface area contributed by atoms with Crippen molar-refractivity contribution < 1.29 is 17.6 Å². The second kappa shape index (κ2) is 3.55. The highest BCUT2D eigenvalue weighted by Crippen LogP contribution is 2.29. The first-order chi connectivity index (χ1) is 4.36. The Hall–Kier alpha value is 0.200. The van der Waals surface area contributed by atoms with Gasteiger partial charge in [-0.25, -0.2) is 17.6 Å². The lowest BCUT2D eigenvalue weighted by atomic mass is 10.2. The van der Waals surface area contributed by atoms with E-state index in [-0.39, 0.29) is 0 Å². The van der Waals surface area contributed by atoms with Crippen LogP contribution in [0, 0.1) is 0 Å². The minimum atomic E-state index is -3.86. The molecule has 0 nitrogen and oxygen atoms in total. The molecule has 0 N–H and O–H groups in total. The van der Waals surface area contributed by atoms with Crippen LogP contribution in [0.15, 0.2) is 0 Å². The third-order valence-electron chi connectivity index (χ3n) is 0.873. The summed E-state index contributed by atoms with van der Waals surface area (Å²) in [7, 11) is 0. The van der Waals surface area contributed by atoms with Gasteiger partial charge < -0.3 is 0 Å². The van der Waals surface area contributed by atoms with E-state index in [0.717, 1.165) is 0 Å². The highest BCUT2D eigenvalue weighted by Gasteiger charge is 2.41. The van der Waals surface area contributed by atoms with Gasteiger partial charge >= 0.3 is 12.3 Å². The second-order valence-corrected chi connectivity index (χ2v) is 3.61. The molecule has 0 radical (unpaired) electrons. The molecule has 0 amide bonds. The van der Waals surface area contributed by atoms with Crippen molar-refractivity contribution in [3.63, 3.8) is 0 Å². The van der Waals surface area contributed by atoms with Crippen LogP contribution in [-0.4, -0.2) is 17.2 Å². The molecule has 62 valence electrons. The Morgan fingerprint density at radius 1 is 1.40 bits per heavy atom. The van der Waals surface area contributed by atoms with Crippen LogP contribution in [0.3, 0.4) is 0 Å². The molecule has 0 aliphatic carbocycles. The number of rotatable bonds is 3. The fourth-order valence-electron chi connectivity index (χ4n) is 0.464. The van der Waals surface area contributed by atoms with Crippen LogP contribution >= 0.6 is 15.9 Å². The van der Waals surface area contributed by atoms with Crippen molar-refractivity contribution in [2.75, 3.05) is 0 Å². The largest absolute Gasteiger partial charge is 0.308 e. The van der Waals surface area contributed by atoms with E-state index in [4.69, 9.17) is 0 Å². The van der Waals surface area contributed by atoms with E-state index in [1.165, 1.54) is 6.92 Å². The molecule has 5 heteroatoms. The predicted octanol–water partition coefficient (Wildman–Crippen LogP) is 3.06. The summed E-state index contributed by atoms with van der Waals surface area (Å²) in [6, 6.07) is 0. The summed E-state index contributed by atoms with van der Waals surface area (Å²) in [6.07, 6.45) is -4.39. The van der Waals surface area contributed by atoms with Gasteiger partial charge in [0.25, 0.3) is 0 Å². The molecule has 0 aromatic rings. The number of hydrogen-bond donors (Lipinski definition) is 0. The average Bonchev–Trinajstić information content (AvgIpc) is 1.60. The van der Waals surface area contributed by atoms with E-state index < -0.39 is 23.6 Å². The Labute approximate surface area is 64.7 Å². The van der Waals surface area contributed by atoms with E-state index in [0.29, 0.717) is 0 Å². The minimum Gasteiger partial charge on any atom is -0.204 e. The highest BCUT2D eigenvalue weighted by atomic mass is 79.9. The van der Waals surface area contributed by atoms with Crippen molar-refractivity contribution in [2.45, 2.75) is 30.5 Å². The van der Waals surface area contributed by atoms with Crippen molar-refractivity contribution in [1.29, 1.82) is 0 Å². The monoisotopic (exact) mass is 222 g/mol. The molecule has 0 heterocycles. The molecule has 10 heavy (non-hydrogen) atoms. The SMILES string of the molecule is CC(Br)CC(F)(F)C(F)F. The fraction of sp³-hybridized carbons (Fsp3) is 1.00. The van der Waals surface area contributed by atoms with Crippen LogP contribution in [0.4, 0.5) is 17.6 Å². The van der Waals surface area contributed by atoms with E-state index >= 15 is 0 Å². The quantitative estimate of drug-likeness (QED) is 0.509. The fourth-order valence-corrected chi connectivity index (χ4v) is 0.896. The normalized spacial score (nSPS) is 15.9. The highest BCUT2D eigenvalue weighted by molar-refractivity contribution is 9.09. The van der Waals surface area contributed by atoms with Crippen molar-refractivity contribution in [3.8, 4) is 0 Å². The van der Waals surface area contributed by atoms with Crippen LogP contribution in [0.1, 0.15) is 13.3 Å². The molecule has 1 unspecified atom stereocenters. The molecule has 0 spiro atoms. The standard InChI is InChI=1S/C5H7BrF4/c1-3(6)2-5(9,10)4(7)8/h3-4H,2H2,1H3. The summed E-state index contributed by atoms with van der Waals surface area (Å²) in [5.41, 5.74) is 0. The van der Waals surface area contributed by atoms with Gasteiger partial charge in [0.2, 0.25) is 0 Å². The first-order valence-electron chi connectivity index (χ1n) is 2.66. The Morgan fingerprint density at radius 3 is 1.90 bits per heavy atom. The lowest BCUT2D eigenvalue weighted by Gasteiger charge is -2.15. The average molecular weight is 223 g/mol. The van der Waals surface area contributed by atoms with Gasteiger partial charge in [0.05, 0.1) is 0 Å². The van der Waals surface area contributed by atoms with Crippen LogP contribution in [0.25, 0.3) is 0 Å². The van der Waals surface area contributed by atoms with Crippen LogP contribution in [0.2, 0.25) is 0 Å². The molecule has 0 saturated heterocycles. The summed E-state index contributed by atoms with van der Waals surface area (Å²) in [5, 5.41) is 0. The molecule has 1 atom stereocenters. The van der Waals surface area contributed by atoms with Gasteiger partial charge in [-0.1, -0.05) is 22.9 Å². The molecule has 0 aliphatic heterocycles. The summed E-state index contributed by atoms with van der Waals surface area (Å²) in [4.78, 5) is -0.587. The molecule has 0 aliphatic rings. The Bertz CT molecular complexity index is 102. The lowest BCUT2D eigenvalue weighted by Crippen LogP contribution is -2.28. The van der Waals surface area contributed by atoms with Crippen LogP contribution < -0.4 is 0 Å². The van der Waals surface area contributed by atoms with Gasteiger partial charge in [-0.05, 0) is 0 Å². The predicted molar refractivity (Wildman–Crippen MR) is 34.0 cm³/mol. The van der Waals surface area contributed by atoms with Crippen LogP contribution in [-0.2, 0) is 0 Å². The molecule has 0 saturated carbocycles. The number of halogens is 5. The van der Waals surface area contributed by atoms with Gasteiger partial charge in [0, 0.05) is 11.2 Å². The first kappa shape index (κ1) is 10.2. The van der Waals surface area contributed by atoms with Crippen LogP contribution in [0.5, 0.6) is 0 Å². The van der Waals surface area contributed by atoms with Gasteiger partial charge in [0.1, 0.15) is 0 Å². The first-order valence-corrected chi connectivity index (χ1v) is 3.58. The lowest BCUT2D eigenvalue weighted by molar-refractivity contribution is -0.131. The third-order valence-corrected chi connectivity index (χ3v) is 1.20. The number of hydrogen-bond acceptors (Lipinski definition) is 0. The summed E-state index contributed by atoms with van der Waals surface area (Å²) >= 11 is 2.77. The molecule has 0 aromatic heterocycles. The second-order valence-electron chi connectivity index (χ2n) is 2.05. The topological polar surface area (TPSA) is 0 Å². The summed E-state index contributed by atoms with van der Waals surface area (Å²) in [6.45, 7) is 1.40. The molecule has 0 rings (SSSR count). The molecule has 0 aromatic carbocycles. The Balaban J connectivity index is 3.87. The molecule has 0 fully saturated rings. The van der Waals surface area contributed by atoms with Crippen molar-refractivity contribution in [1.82, 2.24) is 0 Å². The van der Waals surface area contributed by atoms with E-state index in [2.05, 4.69) is 15.9 Å². The maximum atomic E-state index is 12.0. The van der Waals surface area contributed by atoms with Crippen molar-refractivity contribution in [3.05, 3.63) is 0 Å². The summed E-state index contributed by atoms with van der Waals surface area (Å²) < 4.78 is 46.8. The van der Waals surface area contributed by atoms with Gasteiger partial charge in [-0.2, -0.15) is 0 Å². The zero-order valence-corrected chi connectivity index (χ0v) is 6.84. The zero-order valence-electron chi connectivity index (χ0n) is 5.25. The maximum Gasteiger partial charge on any atom is 0.308 e. The number of alkyl halides is 5. The van der Waals surface area contributed by atoms with Gasteiger partial charge in [0.15, 0.2) is 0 Å². The van der Waals surface area contributed by atoms with Crippen molar-refractivity contribution >= 4 is 15.9 Å². The smallest absolute Gasteiger partial charge is 0.204 e. The minimum absolute atomic E-state index is 0.587. The Morgan fingerprint density at radius 2 is 1.80 bits per heavy atom. The van der Waals surface area contributed by atoms with Gasteiger partial charge in [-0.15, -0.1) is 0 Å². The summed E-state index contributed by atoms with van der Waals surface area (Å²) in [5.74, 6) is -3.86. The van der Waals surface area contributed by atoms with Gasteiger partial charge in [-0.3, -0.25) is 0 Å². The molecular formula is C5H7BrF4. The molecular weight excluding hydrogens is 216 g/mol. The van der Waals surface area contributed by atoms with Crippen molar-refractivity contribution in [2.24, 2.45) is 0 Å². The van der Waals surface area contributed by atoms with E-state index in [1.54, 1.807) is 0 Å². The van der Waals surface area contributed by atoms with E-state index in [1.807, 2.05) is 0 Å². The maximum absolute atomic E-state index is 12.0. The van der Waals surface area contributed by atoms with E-state index in [9.17, 15) is 17.6 Å². The third kappa shape index (κ3) is 3.39.